The Kier molecular flexibility index (Phi) is 6.37. The Hall–Kier alpha value is -1.36. The summed E-state index contributed by atoms with van der Waals surface area (Å²) in [5, 5.41) is 11.3. The van der Waals surface area contributed by atoms with Gasteiger partial charge in [-0.3, -0.25) is 9.69 Å². The van der Waals surface area contributed by atoms with E-state index in [1.807, 2.05) is 6.92 Å². The Balaban J connectivity index is 3.94. The van der Waals surface area contributed by atoms with Gasteiger partial charge >= 0.3 is 5.97 Å². The van der Waals surface area contributed by atoms with Crippen LogP contribution in [0.25, 0.3) is 0 Å². The van der Waals surface area contributed by atoms with Gasteiger partial charge in [0.1, 0.15) is 0 Å². The molecule has 0 rings (SSSR count). The maximum absolute atomic E-state index is 11.1. The minimum absolute atomic E-state index is 0.0543. The number of carbonyl (C=O) groups is 2. The molecule has 0 aliphatic heterocycles. The first kappa shape index (κ1) is 13.6. The molecule has 15 heavy (non-hydrogen) atoms. The molecule has 0 fully saturated rings. The van der Waals surface area contributed by atoms with E-state index in [1.165, 1.54) is 6.92 Å². The van der Waals surface area contributed by atoms with Gasteiger partial charge in [0, 0.05) is 18.7 Å². The number of hydrogen-bond donors (Lipinski definition) is 2. The lowest BCUT2D eigenvalue weighted by Gasteiger charge is -2.13. The molecule has 0 radical (unpaired) electrons. The lowest BCUT2D eigenvalue weighted by Crippen LogP contribution is -2.35. The summed E-state index contributed by atoms with van der Waals surface area (Å²) in [6.07, 6.45) is 1.58. The normalized spacial score (nSPS) is 11.6. The van der Waals surface area contributed by atoms with E-state index in [0.29, 0.717) is 13.1 Å². The zero-order chi connectivity index (χ0) is 11.8. The number of hydrogen-bond acceptors (Lipinski definition) is 3. The molecule has 1 amide bonds. The summed E-state index contributed by atoms with van der Waals surface area (Å²) in [4.78, 5) is 23.4. The van der Waals surface area contributed by atoms with E-state index >= 15 is 0 Å². The van der Waals surface area contributed by atoms with Crippen LogP contribution in [0.2, 0.25) is 0 Å². The van der Waals surface area contributed by atoms with Crippen molar-refractivity contribution in [2.45, 2.75) is 13.8 Å². The number of aliphatic carboxylic acids is 1. The summed E-state index contributed by atoms with van der Waals surface area (Å²) in [7, 11) is 1.76. The lowest BCUT2D eigenvalue weighted by molar-refractivity contribution is -0.132. The predicted octanol–water partition coefficient (Wildman–Crippen LogP) is 0.0852. The number of nitrogens with one attached hydrogen (secondary N) is 1. The first-order valence-electron chi connectivity index (χ1n) is 4.82. The average Bonchev–Trinajstić information content (AvgIpc) is 2.14. The third kappa shape index (κ3) is 6.68. The molecule has 0 saturated carbocycles. The molecule has 0 aromatic rings. The summed E-state index contributed by atoms with van der Waals surface area (Å²) >= 11 is 0. The summed E-state index contributed by atoms with van der Waals surface area (Å²) in [5.74, 6) is -0.984. The van der Waals surface area contributed by atoms with Crippen molar-refractivity contribution in [3.05, 3.63) is 11.6 Å². The van der Waals surface area contributed by atoms with Crippen molar-refractivity contribution < 1.29 is 14.7 Å². The van der Waals surface area contributed by atoms with Gasteiger partial charge < -0.3 is 10.4 Å². The Bertz CT molecular complexity index is 261. The third-order valence-corrected chi connectivity index (χ3v) is 1.83. The molecule has 86 valence electrons. The van der Waals surface area contributed by atoms with Crippen LogP contribution < -0.4 is 5.32 Å². The van der Waals surface area contributed by atoms with Crippen LogP contribution in [0.4, 0.5) is 0 Å². The second-order valence-electron chi connectivity index (χ2n) is 3.34. The Morgan fingerprint density at radius 3 is 2.53 bits per heavy atom. The summed E-state index contributed by atoms with van der Waals surface area (Å²) in [6, 6.07) is 0. The van der Waals surface area contributed by atoms with Gasteiger partial charge in [-0.2, -0.15) is 0 Å². The maximum Gasteiger partial charge on any atom is 0.330 e. The lowest BCUT2D eigenvalue weighted by atomic mass is 10.3. The van der Waals surface area contributed by atoms with Crippen molar-refractivity contribution in [1.82, 2.24) is 10.2 Å². The molecule has 0 aromatic carbocycles. The Labute approximate surface area is 89.8 Å². The van der Waals surface area contributed by atoms with Crippen LogP contribution in [0.15, 0.2) is 11.6 Å². The maximum atomic E-state index is 11.1. The molecule has 0 saturated heterocycles. The van der Waals surface area contributed by atoms with Gasteiger partial charge in [-0.05, 0) is 20.9 Å². The number of carboxylic acid groups (broad SMARTS) is 1. The van der Waals surface area contributed by atoms with Crippen LogP contribution in [0.3, 0.4) is 0 Å². The molecule has 0 heterocycles. The number of carboxylic acids is 1. The number of carbonyl (C=O) groups excluding carboxylic acids is 1. The van der Waals surface area contributed by atoms with E-state index in [1.54, 1.807) is 18.0 Å². The topological polar surface area (TPSA) is 69.6 Å². The van der Waals surface area contributed by atoms with Crippen molar-refractivity contribution in [1.29, 1.82) is 0 Å². The largest absolute Gasteiger partial charge is 0.478 e. The van der Waals surface area contributed by atoms with Gasteiger partial charge in [0.05, 0.1) is 6.54 Å². The van der Waals surface area contributed by atoms with Gasteiger partial charge in [-0.15, -0.1) is 0 Å². The minimum atomic E-state index is -0.929. The molecule has 0 spiro atoms. The van der Waals surface area contributed by atoms with Crippen LogP contribution in [-0.4, -0.2) is 48.6 Å². The van der Waals surface area contributed by atoms with Crippen LogP contribution in [-0.2, 0) is 9.59 Å². The SMILES string of the molecule is CCNC(=O)CN(C)CC=C(C)C(=O)O. The molecular weight excluding hydrogens is 196 g/mol. The van der Waals surface area contributed by atoms with Crippen molar-refractivity contribution in [2.75, 3.05) is 26.7 Å². The highest BCUT2D eigenvalue weighted by Crippen LogP contribution is 1.93. The quantitative estimate of drug-likeness (QED) is 0.615. The van der Waals surface area contributed by atoms with Gasteiger partial charge in [-0.25, -0.2) is 4.79 Å². The van der Waals surface area contributed by atoms with Crippen LogP contribution in [0.1, 0.15) is 13.8 Å². The second-order valence-corrected chi connectivity index (χ2v) is 3.34. The second kappa shape index (κ2) is 7.00. The van der Waals surface area contributed by atoms with E-state index in [-0.39, 0.29) is 18.0 Å². The summed E-state index contributed by atoms with van der Waals surface area (Å²) < 4.78 is 0. The minimum Gasteiger partial charge on any atom is -0.478 e. The highest BCUT2D eigenvalue weighted by atomic mass is 16.4. The molecule has 0 unspecified atom stereocenters. The molecular formula is C10H18N2O3. The van der Waals surface area contributed by atoms with Gasteiger partial charge in [0.25, 0.3) is 0 Å². The smallest absolute Gasteiger partial charge is 0.330 e. The summed E-state index contributed by atoms with van der Waals surface area (Å²) in [5.41, 5.74) is 0.290. The Morgan fingerprint density at radius 1 is 1.47 bits per heavy atom. The molecule has 0 atom stereocenters. The van der Waals surface area contributed by atoms with Crippen LogP contribution >= 0.6 is 0 Å². The molecule has 5 nitrogen and oxygen atoms in total. The standard InChI is InChI=1S/C10H18N2O3/c1-4-11-9(13)7-12(3)6-5-8(2)10(14)15/h5H,4,6-7H2,1-3H3,(H,11,13)(H,14,15). The molecule has 0 aromatic heterocycles. The molecule has 0 bridgehead atoms. The monoisotopic (exact) mass is 214 g/mol. The van der Waals surface area contributed by atoms with Crippen molar-refractivity contribution in [3.8, 4) is 0 Å². The van der Waals surface area contributed by atoms with Crippen molar-refractivity contribution in [2.24, 2.45) is 0 Å². The van der Waals surface area contributed by atoms with Crippen molar-refractivity contribution in [3.63, 3.8) is 0 Å². The number of likely N-dealkylation sites (N-methyl/N-ethyl adjacent to an activating group) is 2. The number of rotatable bonds is 6. The first-order chi connectivity index (χ1) is 6.97. The van der Waals surface area contributed by atoms with Gasteiger partial charge in [-0.1, -0.05) is 6.08 Å². The predicted molar refractivity (Wildman–Crippen MR) is 57.6 cm³/mol. The zero-order valence-electron chi connectivity index (χ0n) is 9.41. The molecule has 0 aliphatic carbocycles. The Morgan fingerprint density at radius 2 is 2.07 bits per heavy atom. The molecule has 2 N–H and O–H groups in total. The average molecular weight is 214 g/mol. The fourth-order valence-corrected chi connectivity index (χ4v) is 0.943. The van der Waals surface area contributed by atoms with Gasteiger partial charge in [0.2, 0.25) is 5.91 Å². The van der Waals surface area contributed by atoms with Crippen LogP contribution in [0.5, 0.6) is 0 Å². The first-order valence-corrected chi connectivity index (χ1v) is 4.82. The molecule has 0 aliphatic rings. The number of nitrogens with zero attached hydrogens (tertiary/aromatic N) is 1. The highest BCUT2D eigenvalue weighted by molar-refractivity contribution is 5.85. The van der Waals surface area contributed by atoms with E-state index in [4.69, 9.17) is 5.11 Å². The molecule has 5 heteroatoms. The van der Waals surface area contributed by atoms with Crippen LogP contribution in [0, 0.1) is 0 Å². The van der Waals surface area contributed by atoms with E-state index < -0.39 is 5.97 Å². The number of amides is 1. The fourth-order valence-electron chi connectivity index (χ4n) is 0.943. The van der Waals surface area contributed by atoms with E-state index in [2.05, 4.69) is 5.32 Å². The van der Waals surface area contributed by atoms with E-state index in [9.17, 15) is 9.59 Å². The van der Waals surface area contributed by atoms with E-state index in [0.717, 1.165) is 0 Å². The third-order valence-electron chi connectivity index (χ3n) is 1.83. The highest BCUT2D eigenvalue weighted by Gasteiger charge is 2.05. The van der Waals surface area contributed by atoms with Gasteiger partial charge in [0.15, 0.2) is 0 Å². The van der Waals surface area contributed by atoms with Crippen molar-refractivity contribution >= 4 is 11.9 Å². The fraction of sp³-hybridized carbons (Fsp3) is 0.600. The zero-order valence-corrected chi connectivity index (χ0v) is 9.41. The summed E-state index contributed by atoms with van der Waals surface area (Å²) in [6.45, 7) is 4.72.